The van der Waals surface area contributed by atoms with Gasteiger partial charge >= 0.3 is 5.97 Å². The van der Waals surface area contributed by atoms with E-state index in [1.807, 2.05) is 6.08 Å². The summed E-state index contributed by atoms with van der Waals surface area (Å²) in [5.74, 6) is -1.20. The number of allylic oxidation sites excluding steroid dienone is 9. The molecule has 11 nitrogen and oxygen atoms in total. The van der Waals surface area contributed by atoms with Crippen molar-refractivity contribution in [2.75, 3.05) is 13.2 Å². The molecule has 472 valence electrons. The molecule has 11 heteroatoms. The summed E-state index contributed by atoms with van der Waals surface area (Å²) in [6.07, 6.45) is 62.5. The van der Waals surface area contributed by atoms with Gasteiger partial charge in [0.15, 0.2) is 12.4 Å². The van der Waals surface area contributed by atoms with Gasteiger partial charge in [-0.1, -0.05) is 274 Å². The highest BCUT2D eigenvalue weighted by Crippen LogP contribution is 2.26. The number of esters is 1. The van der Waals surface area contributed by atoms with Crippen molar-refractivity contribution < 1.29 is 49.3 Å². The van der Waals surface area contributed by atoms with Gasteiger partial charge in [0.25, 0.3) is 0 Å². The molecule has 1 aliphatic heterocycles. The van der Waals surface area contributed by atoms with Crippen molar-refractivity contribution >= 4 is 11.9 Å². The van der Waals surface area contributed by atoms with Crippen molar-refractivity contribution in [2.24, 2.45) is 0 Å². The quantitative estimate of drug-likeness (QED) is 0.0195. The zero-order chi connectivity index (χ0) is 58.9. The van der Waals surface area contributed by atoms with Crippen molar-refractivity contribution in [3.8, 4) is 0 Å². The average Bonchev–Trinajstić information content (AvgIpc) is 3.49. The molecule has 1 aliphatic rings. The normalized spacial score (nSPS) is 19.0. The lowest BCUT2D eigenvalue weighted by atomic mass is 9.99. The second-order valence-corrected chi connectivity index (χ2v) is 23.6. The van der Waals surface area contributed by atoms with Gasteiger partial charge in [-0.2, -0.15) is 0 Å². The van der Waals surface area contributed by atoms with Gasteiger partial charge in [0.2, 0.25) is 5.91 Å². The van der Waals surface area contributed by atoms with E-state index in [9.17, 15) is 35.1 Å². The lowest BCUT2D eigenvalue weighted by molar-refractivity contribution is -0.305. The van der Waals surface area contributed by atoms with E-state index in [-0.39, 0.29) is 19.4 Å². The monoisotopic (exact) mass is 1140 g/mol. The van der Waals surface area contributed by atoms with Crippen LogP contribution in [0.15, 0.2) is 60.8 Å². The number of aliphatic hydroxyl groups is 5. The van der Waals surface area contributed by atoms with Crippen LogP contribution >= 0.6 is 0 Å². The molecule has 1 amide bonds. The maximum Gasteiger partial charge on any atom is 0.306 e. The Morgan fingerprint density at radius 2 is 0.852 bits per heavy atom. The van der Waals surface area contributed by atoms with Crippen molar-refractivity contribution in [1.82, 2.24) is 5.32 Å². The molecule has 1 rings (SSSR count). The SMILES string of the molecule is CCCCC/C=C\C/C=C\C/C=C\CCCCCCCCCCCC(O)C(=O)NC(COC1OC(CO)C(O)C(O)C1OC(=O)CCCCCCCCC/C=C/CCCCCCCC)C(O)/C=C/CCCCCCCCCCCCC. The Morgan fingerprint density at radius 3 is 1.31 bits per heavy atom. The lowest BCUT2D eigenvalue weighted by Gasteiger charge is -2.41. The van der Waals surface area contributed by atoms with Gasteiger partial charge in [0.05, 0.1) is 25.4 Å². The summed E-state index contributed by atoms with van der Waals surface area (Å²) in [5.41, 5.74) is 0. The molecule has 0 radical (unpaired) electrons. The van der Waals surface area contributed by atoms with Crippen molar-refractivity contribution in [3.05, 3.63) is 60.8 Å². The van der Waals surface area contributed by atoms with E-state index in [1.54, 1.807) is 6.08 Å². The number of hydrogen-bond acceptors (Lipinski definition) is 10. The minimum atomic E-state index is -1.62. The van der Waals surface area contributed by atoms with Gasteiger partial charge in [-0.25, -0.2) is 0 Å². The summed E-state index contributed by atoms with van der Waals surface area (Å²) >= 11 is 0. The summed E-state index contributed by atoms with van der Waals surface area (Å²) in [5, 5.41) is 57.2. The molecule has 0 aromatic rings. The summed E-state index contributed by atoms with van der Waals surface area (Å²) < 4.78 is 17.7. The highest BCUT2D eigenvalue weighted by molar-refractivity contribution is 5.80. The third-order valence-corrected chi connectivity index (χ3v) is 15.9. The van der Waals surface area contributed by atoms with Crippen molar-refractivity contribution in [2.45, 2.75) is 359 Å². The molecule has 81 heavy (non-hydrogen) atoms. The molecule has 1 heterocycles. The number of ether oxygens (including phenoxy) is 3. The molecule has 8 atom stereocenters. The van der Waals surface area contributed by atoms with Gasteiger partial charge in [0, 0.05) is 6.42 Å². The van der Waals surface area contributed by atoms with Crippen LogP contribution in [-0.2, 0) is 23.8 Å². The van der Waals surface area contributed by atoms with Gasteiger partial charge in [0.1, 0.15) is 24.4 Å². The fourth-order valence-corrected chi connectivity index (χ4v) is 10.5. The van der Waals surface area contributed by atoms with Gasteiger partial charge < -0.3 is 45.1 Å². The van der Waals surface area contributed by atoms with Crippen LogP contribution < -0.4 is 5.32 Å². The number of aliphatic hydroxyl groups excluding tert-OH is 5. The third kappa shape index (κ3) is 45.4. The van der Waals surface area contributed by atoms with E-state index in [4.69, 9.17) is 14.2 Å². The Kier molecular flexibility index (Phi) is 54.5. The van der Waals surface area contributed by atoms with Gasteiger partial charge in [-0.15, -0.1) is 0 Å². The van der Waals surface area contributed by atoms with E-state index < -0.39 is 67.4 Å². The molecule has 6 N–H and O–H groups in total. The first-order valence-electron chi connectivity index (χ1n) is 34.1. The fraction of sp³-hybridized carbons (Fsp3) is 0.829. The molecular weight excluding hydrogens is 1010 g/mol. The fourth-order valence-electron chi connectivity index (χ4n) is 10.5. The van der Waals surface area contributed by atoms with Crippen LogP contribution in [-0.4, -0.2) is 99.6 Å². The van der Waals surface area contributed by atoms with Crippen molar-refractivity contribution in [3.63, 3.8) is 0 Å². The van der Waals surface area contributed by atoms with Crippen LogP contribution in [0, 0.1) is 0 Å². The second kappa shape index (κ2) is 57.8. The number of carbonyl (C=O) groups is 2. The molecular formula is C70H127NO10. The molecule has 0 spiro atoms. The lowest BCUT2D eigenvalue weighted by Crippen LogP contribution is -2.61. The number of unbranched alkanes of at least 4 members (excludes halogenated alkanes) is 36. The standard InChI is InChI=1S/C70H127NO10/c1-4-7-10-13-16-19-22-25-27-29-30-31-32-33-35-36-39-42-45-48-51-54-57-63(74)69(78)71-61(62(73)56-53-50-47-44-41-38-24-21-18-15-12-9-6-3)60-79-70-68(67(77)66(76)64(59-72)80-70)81-65(75)58-55-52-49-46-43-40-37-34-28-26-23-20-17-14-11-8-5-2/h16,19,25-28,30-31,53,56,61-64,66-68,70,72-74,76-77H,4-15,17-18,20-24,29,32-52,54-55,57-60H2,1-3H3,(H,71,78)/b19-16-,27-25-,28-26+,31-30-,56-53+. The van der Waals surface area contributed by atoms with Crippen LogP contribution in [0.4, 0.5) is 0 Å². The molecule has 1 fully saturated rings. The van der Waals surface area contributed by atoms with Crippen LogP contribution in [0.5, 0.6) is 0 Å². The molecule has 8 unspecified atom stereocenters. The topological polar surface area (TPSA) is 175 Å². The maximum absolute atomic E-state index is 13.5. The molecule has 1 saturated heterocycles. The Hall–Kier alpha value is -2.64. The summed E-state index contributed by atoms with van der Waals surface area (Å²) in [6.45, 7) is 5.78. The number of amides is 1. The summed E-state index contributed by atoms with van der Waals surface area (Å²) in [6, 6.07) is -1.03. The average molecular weight is 1140 g/mol. The first-order valence-corrected chi connectivity index (χ1v) is 34.1. The molecule has 0 bridgehead atoms. The maximum atomic E-state index is 13.5. The minimum Gasteiger partial charge on any atom is -0.454 e. The summed E-state index contributed by atoms with van der Waals surface area (Å²) in [4.78, 5) is 26.6. The largest absolute Gasteiger partial charge is 0.454 e. The van der Waals surface area contributed by atoms with Gasteiger partial charge in [-0.05, 0) is 89.9 Å². The van der Waals surface area contributed by atoms with E-state index >= 15 is 0 Å². The zero-order valence-corrected chi connectivity index (χ0v) is 52.4. The highest BCUT2D eigenvalue weighted by atomic mass is 16.7. The molecule has 0 saturated carbocycles. The number of carbonyl (C=O) groups excluding carboxylic acids is 2. The Balaban J connectivity index is 2.64. The van der Waals surface area contributed by atoms with Crippen LogP contribution in [0.25, 0.3) is 0 Å². The minimum absolute atomic E-state index is 0.118. The predicted octanol–water partition coefficient (Wildman–Crippen LogP) is 17.0. The molecule has 0 aliphatic carbocycles. The number of nitrogens with one attached hydrogen (secondary N) is 1. The van der Waals surface area contributed by atoms with Crippen LogP contribution in [0.2, 0.25) is 0 Å². The number of rotatable bonds is 58. The smallest absolute Gasteiger partial charge is 0.306 e. The first-order chi connectivity index (χ1) is 39.7. The molecule has 0 aromatic heterocycles. The predicted molar refractivity (Wildman–Crippen MR) is 338 cm³/mol. The van der Waals surface area contributed by atoms with E-state index in [2.05, 4.69) is 74.7 Å². The van der Waals surface area contributed by atoms with Crippen LogP contribution in [0.3, 0.4) is 0 Å². The Morgan fingerprint density at radius 1 is 0.481 bits per heavy atom. The van der Waals surface area contributed by atoms with E-state index in [1.165, 1.54) is 173 Å². The zero-order valence-electron chi connectivity index (χ0n) is 52.4. The Bertz CT molecular complexity index is 1550. The second-order valence-electron chi connectivity index (χ2n) is 23.6. The molecule has 0 aromatic carbocycles. The third-order valence-electron chi connectivity index (χ3n) is 15.9. The summed E-state index contributed by atoms with van der Waals surface area (Å²) in [7, 11) is 0. The first kappa shape index (κ1) is 76.4. The van der Waals surface area contributed by atoms with E-state index in [0.29, 0.717) is 12.8 Å². The number of hydrogen-bond donors (Lipinski definition) is 6. The van der Waals surface area contributed by atoms with Crippen LogP contribution in [0.1, 0.15) is 310 Å². The Labute approximate surface area is 497 Å². The van der Waals surface area contributed by atoms with Gasteiger partial charge in [-0.3, -0.25) is 9.59 Å². The van der Waals surface area contributed by atoms with E-state index in [0.717, 1.165) is 89.9 Å². The van der Waals surface area contributed by atoms with Crippen molar-refractivity contribution in [1.29, 1.82) is 0 Å². The highest BCUT2D eigenvalue weighted by Gasteiger charge is 2.47.